The Bertz CT molecular complexity index is 508. The van der Waals surface area contributed by atoms with E-state index in [9.17, 15) is 0 Å². The smallest absolute Gasteiger partial charge is 0.0555 e. The van der Waals surface area contributed by atoms with Crippen LogP contribution >= 0.6 is 11.3 Å². The number of hydrogen-bond donors (Lipinski definition) is 1. The number of nitrogens with two attached hydrogens (primary N) is 1. The van der Waals surface area contributed by atoms with Gasteiger partial charge in [0.05, 0.1) is 6.54 Å². The van der Waals surface area contributed by atoms with Gasteiger partial charge < -0.3 is 5.73 Å². The molecule has 4 heteroatoms. The van der Waals surface area contributed by atoms with Crippen molar-refractivity contribution >= 4 is 11.3 Å². The van der Waals surface area contributed by atoms with E-state index in [4.69, 9.17) is 5.73 Å². The Morgan fingerprint density at radius 2 is 2.10 bits per heavy atom. The predicted molar refractivity (Wildman–Crippen MR) is 89.4 cm³/mol. The Morgan fingerprint density at radius 3 is 2.90 bits per heavy atom. The molecule has 1 unspecified atom stereocenters. The Morgan fingerprint density at radius 1 is 1.24 bits per heavy atom. The van der Waals surface area contributed by atoms with Gasteiger partial charge in [0.15, 0.2) is 0 Å². The summed E-state index contributed by atoms with van der Waals surface area (Å²) in [5.74, 6) is 6.17. The topological polar surface area (TPSA) is 32.5 Å². The first-order valence-electron chi connectivity index (χ1n) is 8.08. The fourth-order valence-electron chi connectivity index (χ4n) is 3.46. The van der Waals surface area contributed by atoms with E-state index in [0.29, 0.717) is 6.54 Å². The van der Waals surface area contributed by atoms with Gasteiger partial charge in [0, 0.05) is 36.1 Å². The normalized spacial score (nSPS) is 24.0. The molecule has 2 aliphatic rings. The first kappa shape index (κ1) is 15.1. The summed E-state index contributed by atoms with van der Waals surface area (Å²) in [4.78, 5) is 6.71. The molecule has 0 bridgehead atoms. The van der Waals surface area contributed by atoms with Crippen LogP contribution < -0.4 is 5.73 Å². The van der Waals surface area contributed by atoms with Crippen LogP contribution in [-0.4, -0.2) is 48.6 Å². The first-order chi connectivity index (χ1) is 10.4. The standard InChI is InChI=1S/C17H25N3S/c18-8-4-5-15-7-12-21-17(15)14-19-11-6-16(13-19)20-9-2-1-3-10-20/h7,12,16H,1-3,6,8-11,13-14,18H2. The number of thiophene rings is 1. The van der Waals surface area contributed by atoms with Crippen molar-refractivity contribution in [1.29, 1.82) is 0 Å². The van der Waals surface area contributed by atoms with Crippen LogP contribution in [0.1, 0.15) is 36.1 Å². The SMILES string of the molecule is NCC#Cc1ccsc1CN1CCC(N2CCCCC2)C1. The second kappa shape index (κ2) is 7.42. The monoisotopic (exact) mass is 303 g/mol. The average Bonchev–Trinajstić information content (AvgIpc) is 3.16. The molecule has 2 N–H and O–H groups in total. The molecule has 3 rings (SSSR count). The third-order valence-electron chi connectivity index (χ3n) is 4.59. The lowest BCUT2D eigenvalue weighted by atomic mass is 10.1. The quantitative estimate of drug-likeness (QED) is 0.868. The lowest BCUT2D eigenvalue weighted by molar-refractivity contribution is 0.161. The van der Waals surface area contributed by atoms with E-state index in [2.05, 4.69) is 33.1 Å². The van der Waals surface area contributed by atoms with Gasteiger partial charge in [0.1, 0.15) is 0 Å². The van der Waals surface area contributed by atoms with Crippen molar-refractivity contribution in [2.45, 2.75) is 38.3 Å². The van der Waals surface area contributed by atoms with Crippen LogP contribution in [0.3, 0.4) is 0 Å². The molecule has 3 heterocycles. The average molecular weight is 303 g/mol. The molecule has 2 aliphatic heterocycles. The third-order valence-corrected chi connectivity index (χ3v) is 5.50. The van der Waals surface area contributed by atoms with Crippen LogP contribution in [0.25, 0.3) is 0 Å². The van der Waals surface area contributed by atoms with Crippen molar-refractivity contribution in [1.82, 2.24) is 9.80 Å². The Balaban J connectivity index is 1.56. The Kier molecular flexibility index (Phi) is 5.32. The maximum absolute atomic E-state index is 5.47. The fraction of sp³-hybridized carbons (Fsp3) is 0.647. The highest BCUT2D eigenvalue weighted by atomic mass is 32.1. The Labute approximate surface area is 132 Å². The molecule has 1 aromatic rings. The number of likely N-dealkylation sites (tertiary alicyclic amines) is 2. The van der Waals surface area contributed by atoms with Crippen molar-refractivity contribution in [3.63, 3.8) is 0 Å². The minimum Gasteiger partial charge on any atom is -0.320 e. The molecule has 0 saturated carbocycles. The molecule has 0 amide bonds. The van der Waals surface area contributed by atoms with Crippen LogP contribution in [0.15, 0.2) is 11.4 Å². The van der Waals surface area contributed by atoms with Crippen LogP contribution in [-0.2, 0) is 6.54 Å². The summed E-state index contributed by atoms with van der Waals surface area (Å²) in [6.07, 6.45) is 5.53. The zero-order chi connectivity index (χ0) is 14.5. The molecule has 0 aromatic carbocycles. The molecule has 114 valence electrons. The van der Waals surface area contributed by atoms with Crippen LogP contribution in [0, 0.1) is 11.8 Å². The second-order valence-corrected chi connectivity index (χ2v) is 7.04. The number of hydrogen-bond acceptors (Lipinski definition) is 4. The van der Waals surface area contributed by atoms with Crippen molar-refractivity contribution in [2.24, 2.45) is 5.73 Å². The molecule has 3 nitrogen and oxygen atoms in total. The van der Waals surface area contributed by atoms with Crippen LogP contribution in [0.4, 0.5) is 0 Å². The molecule has 0 radical (unpaired) electrons. The lowest BCUT2D eigenvalue weighted by Crippen LogP contribution is -2.40. The van der Waals surface area contributed by atoms with E-state index in [1.807, 2.05) is 11.3 Å². The molecular weight excluding hydrogens is 278 g/mol. The molecule has 21 heavy (non-hydrogen) atoms. The van der Waals surface area contributed by atoms with E-state index in [1.54, 1.807) is 0 Å². The van der Waals surface area contributed by atoms with E-state index in [-0.39, 0.29) is 0 Å². The van der Waals surface area contributed by atoms with Crippen LogP contribution in [0.2, 0.25) is 0 Å². The fourth-order valence-corrected chi connectivity index (χ4v) is 4.33. The molecule has 2 saturated heterocycles. The number of rotatable bonds is 3. The minimum atomic E-state index is 0.441. The Hall–Kier alpha value is -0.860. The highest BCUT2D eigenvalue weighted by Crippen LogP contribution is 2.24. The maximum Gasteiger partial charge on any atom is 0.0555 e. The van der Waals surface area contributed by atoms with E-state index >= 15 is 0 Å². The number of piperidine rings is 1. The van der Waals surface area contributed by atoms with Gasteiger partial charge in [0.2, 0.25) is 0 Å². The van der Waals surface area contributed by atoms with Gasteiger partial charge in [-0.15, -0.1) is 11.3 Å². The van der Waals surface area contributed by atoms with Gasteiger partial charge in [0.25, 0.3) is 0 Å². The summed E-state index contributed by atoms with van der Waals surface area (Å²) in [5.41, 5.74) is 6.65. The highest BCUT2D eigenvalue weighted by molar-refractivity contribution is 7.10. The van der Waals surface area contributed by atoms with Gasteiger partial charge in [-0.1, -0.05) is 18.3 Å². The molecule has 0 aliphatic carbocycles. The second-order valence-electron chi connectivity index (χ2n) is 6.04. The molecular formula is C17H25N3S. The lowest BCUT2D eigenvalue weighted by Gasteiger charge is -2.32. The zero-order valence-corrected chi connectivity index (χ0v) is 13.5. The summed E-state index contributed by atoms with van der Waals surface area (Å²) in [5, 5.41) is 2.15. The molecule has 1 atom stereocenters. The predicted octanol–water partition coefficient (Wildman–Crippen LogP) is 2.12. The van der Waals surface area contributed by atoms with Crippen LogP contribution in [0.5, 0.6) is 0 Å². The summed E-state index contributed by atoms with van der Waals surface area (Å²) < 4.78 is 0. The van der Waals surface area contributed by atoms with Crippen molar-refractivity contribution in [2.75, 3.05) is 32.7 Å². The van der Waals surface area contributed by atoms with E-state index in [0.717, 1.165) is 12.6 Å². The van der Waals surface area contributed by atoms with Crippen molar-refractivity contribution in [3.8, 4) is 11.8 Å². The summed E-state index contributed by atoms with van der Waals surface area (Å²) in [6.45, 7) is 6.56. The minimum absolute atomic E-state index is 0.441. The summed E-state index contributed by atoms with van der Waals surface area (Å²) in [7, 11) is 0. The zero-order valence-electron chi connectivity index (χ0n) is 12.7. The van der Waals surface area contributed by atoms with Gasteiger partial charge in [-0.2, -0.15) is 0 Å². The number of nitrogens with zero attached hydrogens (tertiary/aromatic N) is 2. The molecule has 2 fully saturated rings. The van der Waals surface area contributed by atoms with Gasteiger partial charge >= 0.3 is 0 Å². The molecule has 1 aromatic heterocycles. The van der Waals surface area contributed by atoms with Gasteiger partial charge in [-0.3, -0.25) is 9.80 Å². The van der Waals surface area contributed by atoms with E-state index in [1.165, 1.54) is 62.3 Å². The van der Waals surface area contributed by atoms with Crippen molar-refractivity contribution < 1.29 is 0 Å². The molecule has 0 spiro atoms. The summed E-state index contributed by atoms with van der Waals surface area (Å²) >= 11 is 1.83. The van der Waals surface area contributed by atoms with Gasteiger partial charge in [-0.25, -0.2) is 0 Å². The van der Waals surface area contributed by atoms with E-state index < -0.39 is 0 Å². The summed E-state index contributed by atoms with van der Waals surface area (Å²) in [6, 6.07) is 2.91. The maximum atomic E-state index is 5.47. The third kappa shape index (κ3) is 3.87. The van der Waals surface area contributed by atoms with Gasteiger partial charge in [-0.05, 0) is 43.8 Å². The van der Waals surface area contributed by atoms with Crippen molar-refractivity contribution in [3.05, 3.63) is 21.9 Å². The largest absolute Gasteiger partial charge is 0.320 e. The first-order valence-corrected chi connectivity index (χ1v) is 8.96. The highest BCUT2D eigenvalue weighted by Gasteiger charge is 2.28.